The molecule has 6 nitrogen and oxygen atoms in total. The third-order valence-corrected chi connectivity index (χ3v) is 6.30. The van der Waals surface area contributed by atoms with E-state index in [0.29, 0.717) is 19.1 Å². The number of nitrogens with one attached hydrogen (secondary N) is 3. The number of hydrogen-bond donors (Lipinski definition) is 3. The van der Waals surface area contributed by atoms with Crippen LogP contribution in [0.2, 0.25) is 10.0 Å². The van der Waals surface area contributed by atoms with Crippen LogP contribution in [-0.2, 0) is 12.5 Å². The van der Waals surface area contributed by atoms with Gasteiger partial charge in [-0.3, -0.25) is 9.36 Å². The molecule has 1 aromatic carbocycles. The maximum absolute atomic E-state index is 14.6. The van der Waals surface area contributed by atoms with Gasteiger partial charge in [-0.2, -0.15) is 31.6 Å². The van der Waals surface area contributed by atoms with Gasteiger partial charge in [0, 0.05) is 18.0 Å². The molecule has 0 saturated heterocycles. The van der Waals surface area contributed by atoms with Crippen LogP contribution in [0, 0.1) is 16.7 Å². The maximum atomic E-state index is 14.6. The minimum atomic E-state index is -6.50. The molecule has 1 heterocycles. The van der Waals surface area contributed by atoms with Crippen LogP contribution in [0.5, 0.6) is 0 Å². The second kappa shape index (κ2) is 10.1. The Kier molecular flexibility index (Phi) is 7.78. The molecule has 1 saturated carbocycles. The second-order valence-electron chi connectivity index (χ2n) is 8.16. The topological polar surface area (TPSA) is 93.7 Å². The molecule has 0 radical (unpaired) electrons. The Morgan fingerprint density at radius 2 is 1.71 bits per heavy atom. The van der Waals surface area contributed by atoms with Crippen molar-refractivity contribution in [2.24, 2.45) is 0 Å². The van der Waals surface area contributed by atoms with Crippen molar-refractivity contribution in [3.63, 3.8) is 0 Å². The number of carbonyl (C=O) groups is 1. The van der Waals surface area contributed by atoms with Gasteiger partial charge in [0.2, 0.25) is 0 Å². The molecule has 0 aliphatic heterocycles. The number of amides is 1. The van der Waals surface area contributed by atoms with E-state index in [1.54, 1.807) is 0 Å². The lowest BCUT2D eigenvalue weighted by Crippen LogP contribution is -2.51. The number of nitriles is 1. The molecule has 1 amide bonds. The number of rotatable bonds is 8. The van der Waals surface area contributed by atoms with Crippen molar-refractivity contribution in [1.82, 2.24) is 9.88 Å². The zero-order valence-corrected chi connectivity index (χ0v) is 20.2. The van der Waals surface area contributed by atoms with Crippen molar-refractivity contribution in [3.8, 4) is 6.07 Å². The number of aromatic nitrogens is 1. The van der Waals surface area contributed by atoms with Gasteiger partial charge in [0.1, 0.15) is 11.4 Å². The lowest BCUT2D eigenvalue weighted by molar-refractivity contribution is -0.350. The van der Waals surface area contributed by atoms with Gasteiger partial charge < -0.3 is 16.0 Å². The van der Waals surface area contributed by atoms with Crippen molar-refractivity contribution in [3.05, 3.63) is 57.3 Å². The number of benzene rings is 1. The van der Waals surface area contributed by atoms with Crippen molar-refractivity contribution in [2.75, 3.05) is 5.32 Å². The third-order valence-electron chi connectivity index (χ3n) is 5.69. The first kappa shape index (κ1) is 29.2. The van der Waals surface area contributed by atoms with Crippen LogP contribution in [0.1, 0.15) is 34.5 Å². The first-order valence-corrected chi connectivity index (χ1v) is 11.1. The summed E-state index contributed by atoms with van der Waals surface area (Å²) in [5.41, 5.74) is -9.20. The molecule has 16 heteroatoms. The van der Waals surface area contributed by atoms with E-state index < -0.39 is 52.8 Å². The summed E-state index contributed by atoms with van der Waals surface area (Å²) in [5.74, 6) is -1.57. The average Bonchev–Trinajstić information content (AvgIpc) is 3.53. The standard InChI is InChI=1S/C22H15Cl2F8N5O/c23-14-2-1-11(5-13(14)18(38)36-19(9-34)3-4-19)12(7-33)8-35-17-15(24)6-16(37(17)10-25)20(26,21(27,28)29)22(30,31)32/h1-2,5-8,33,35H,3-4,10H2,(H,36,38)/b12-8+,33-7?. The Bertz CT molecular complexity index is 1320. The minimum absolute atomic E-state index is 0.00395. The summed E-state index contributed by atoms with van der Waals surface area (Å²) in [4.78, 5) is 12.6. The summed E-state index contributed by atoms with van der Waals surface area (Å²) >= 11 is 11.8. The van der Waals surface area contributed by atoms with Gasteiger partial charge in [-0.05, 0) is 36.6 Å². The van der Waals surface area contributed by atoms with Gasteiger partial charge in [0.05, 0.1) is 27.4 Å². The normalized spacial score (nSPS) is 15.6. The molecule has 1 aliphatic carbocycles. The van der Waals surface area contributed by atoms with Crippen molar-refractivity contribution < 1.29 is 39.9 Å². The van der Waals surface area contributed by atoms with Crippen LogP contribution in [0.15, 0.2) is 30.5 Å². The molecule has 0 unspecified atom stereocenters. The molecule has 0 bridgehead atoms. The van der Waals surface area contributed by atoms with Gasteiger partial charge in [-0.1, -0.05) is 29.3 Å². The quantitative estimate of drug-likeness (QED) is 0.232. The summed E-state index contributed by atoms with van der Waals surface area (Å²) in [6.07, 6.45) is -10.6. The fourth-order valence-corrected chi connectivity index (χ4v) is 3.89. The highest BCUT2D eigenvalue weighted by atomic mass is 35.5. The fourth-order valence-electron chi connectivity index (χ4n) is 3.43. The minimum Gasteiger partial charge on any atom is -0.346 e. The first-order valence-electron chi connectivity index (χ1n) is 10.3. The number of allylic oxidation sites excluding steroid dienone is 1. The fraction of sp³-hybridized carbons (Fsp3) is 0.318. The summed E-state index contributed by atoms with van der Waals surface area (Å²) in [7, 11) is 0. The molecule has 1 fully saturated rings. The van der Waals surface area contributed by atoms with E-state index in [2.05, 4.69) is 10.6 Å². The predicted molar refractivity (Wildman–Crippen MR) is 122 cm³/mol. The van der Waals surface area contributed by atoms with Crippen molar-refractivity contribution in [2.45, 2.75) is 43.2 Å². The molecule has 3 N–H and O–H groups in total. The summed E-state index contributed by atoms with van der Waals surface area (Å²) < 4.78 is 107. The molecular formula is C22H15Cl2F8N5O. The van der Waals surface area contributed by atoms with Crippen LogP contribution in [-0.4, -0.2) is 34.6 Å². The SMILES string of the molecule is N#CC1(NC(=O)c2cc(/C(C=N)=C/Nc3c(Cl)cc(C(F)(C(F)(F)F)C(F)(F)F)n3CF)ccc2Cl)CC1. The smallest absolute Gasteiger partial charge is 0.346 e. The zero-order chi connectivity index (χ0) is 28.7. The Labute approximate surface area is 219 Å². The number of alkyl halides is 8. The molecule has 38 heavy (non-hydrogen) atoms. The first-order chi connectivity index (χ1) is 17.5. The number of hydrogen-bond acceptors (Lipinski definition) is 4. The monoisotopic (exact) mass is 587 g/mol. The molecule has 1 aliphatic rings. The van der Waals surface area contributed by atoms with Crippen molar-refractivity contribution in [1.29, 1.82) is 10.7 Å². The van der Waals surface area contributed by atoms with E-state index in [1.165, 1.54) is 18.2 Å². The lowest BCUT2D eigenvalue weighted by Gasteiger charge is -2.30. The average molecular weight is 588 g/mol. The number of halogens is 10. The van der Waals surface area contributed by atoms with Gasteiger partial charge in [0.15, 0.2) is 6.80 Å². The molecule has 0 atom stereocenters. The summed E-state index contributed by atoms with van der Waals surface area (Å²) in [6, 6.07) is 5.77. The molecule has 3 rings (SSSR count). The Morgan fingerprint density at radius 3 is 2.18 bits per heavy atom. The van der Waals surface area contributed by atoms with E-state index >= 15 is 0 Å². The van der Waals surface area contributed by atoms with Gasteiger partial charge in [0.25, 0.3) is 5.91 Å². The van der Waals surface area contributed by atoms with E-state index in [1.807, 2.05) is 6.07 Å². The van der Waals surface area contributed by atoms with Crippen molar-refractivity contribution >= 4 is 46.7 Å². The maximum Gasteiger partial charge on any atom is 0.437 e. The highest BCUT2D eigenvalue weighted by Gasteiger charge is 2.75. The predicted octanol–water partition coefficient (Wildman–Crippen LogP) is 6.90. The van der Waals surface area contributed by atoms with E-state index in [9.17, 15) is 39.9 Å². The van der Waals surface area contributed by atoms with Crippen LogP contribution in [0.25, 0.3) is 5.57 Å². The van der Waals surface area contributed by atoms with Gasteiger partial charge in [-0.15, -0.1) is 0 Å². The lowest BCUT2D eigenvalue weighted by atomic mass is 10.0. The summed E-state index contributed by atoms with van der Waals surface area (Å²) in [5, 5.41) is 20.6. The largest absolute Gasteiger partial charge is 0.437 e. The Morgan fingerprint density at radius 1 is 1.11 bits per heavy atom. The number of carbonyl (C=O) groups excluding carboxylic acids is 1. The number of anilines is 1. The van der Waals surface area contributed by atoms with Crippen LogP contribution in [0.4, 0.5) is 40.9 Å². The van der Waals surface area contributed by atoms with Crippen LogP contribution < -0.4 is 10.6 Å². The third kappa shape index (κ3) is 5.17. The van der Waals surface area contributed by atoms with Crippen LogP contribution in [0.3, 0.4) is 0 Å². The molecule has 1 aromatic heterocycles. The Balaban J connectivity index is 2.01. The molecular weight excluding hydrogens is 573 g/mol. The highest BCUT2D eigenvalue weighted by molar-refractivity contribution is 6.34. The van der Waals surface area contributed by atoms with Crippen LogP contribution >= 0.6 is 23.2 Å². The van der Waals surface area contributed by atoms with E-state index in [4.69, 9.17) is 33.9 Å². The second-order valence-corrected chi connectivity index (χ2v) is 8.97. The number of nitrogens with zero attached hydrogens (tertiary/aromatic N) is 2. The van der Waals surface area contributed by atoms with E-state index in [-0.39, 0.29) is 32.4 Å². The summed E-state index contributed by atoms with van der Waals surface area (Å²) in [6.45, 7) is -2.03. The highest BCUT2D eigenvalue weighted by Crippen LogP contribution is 2.54. The molecule has 204 valence electrons. The molecule has 0 spiro atoms. The van der Waals surface area contributed by atoms with E-state index in [0.717, 1.165) is 6.20 Å². The zero-order valence-electron chi connectivity index (χ0n) is 18.7. The van der Waals surface area contributed by atoms with Gasteiger partial charge >= 0.3 is 18.0 Å². The van der Waals surface area contributed by atoms with Gasteiger partial charge in [-0.25, -0.2) is 8.78 Å². The Hall–Kier alpha value is -3.31. The molecule has 2 aromatic rings.